The predicted molar refractivity (Wildman–Crippen MR) is 93.1 cm³/mol. The SMILES string of the molecule is CCOC(=O)C#Cc1cn([C@@H]2O[C@H](CO)[C@@H](O)[C@@]2(C)O)c2ncnc(N)c12. The number of carbonyl (C=O) groups is 1. The summed E-state index contributed by atoms with van der Waals surface area (Å²) in [7, 11) is 0. The minimum absolute atomic E-state index is 0.129. The van der Waals surface area contributed by atoms with Crippen LogP contribution in [0.3, 0.4) is 0 Å². The summed E-state index contributed by atoms with van der Waals surface area (Å²) in [5.41, 5.74) is 4.85. The molecule has 0 aliphatic carbocycles. The number of aliphatic hydroxyl groups excluding tert-OH is 2. The number of aromatic nitrogens is 3. The standard InChI is InChI=1S/C17H20N4O6/c1-3-26-11(23)5-4-9-6-21(15-12(9)14(18)19-8-20-15)16-17(2,25)13(24)10(7-22)27-16/h6,8,10,13,16,22,24-25H,3,7H2,1-2H3,(H2,18,19,20)/t10-,13-,16-,17-/m1/s1. The lowest BCUT2D eigenvalue weighted by Gasteiger charge is -2.27. The van der Waals surface area contributed by atoms with E-state index in [0.29, 0.717) is 16.6 Å². The van der Waals surface area contributed by atoms with Gasteiger partial charge in [0.1, 0.15) is 35.6 Å². The van der Waals surface area contributed by atoms with Crippen molar-refractivity contribution < 1.29 is 29.6 Å². The van der Waals surface area contributed by atoms with Gasteiger partial charge in [-0.25, -0.2) is 14.8 Å². The largest absolute Gasteiger partial charge is 0.456 e. The molecule has 0 bridgehead atoms. The van der Waals surface area contributed by atoms with Crippen molar-refractivity contribution in [2.45, 2.75) is 37.9 Å². The van der Waals surface area contributed by atoms with E-state index in [1.807, 2.05) is 0 Å². The van der Waals surface area contributed by atoms with E-state index >= 15 is 0 Å². The highest BCUT2D eigenvalue weighted by atomic mass is 16.6. The van der Waals surface area contributed by atoms with Gasteiger partial charge in [-0.3, -0.25) is 0 Å². The van der Waals surface area contributed by atoms with Crippen LogP contribution < -0.4 is 5.73 Å². The number of hydrogen-bond donors (Lipinski definition) is 4. The molecule has 0 radical (unpaired) electrons. The molecule has 0 amide bonds. The second-order valence-corrected chi connectivity index (χ2v) is 6.26. The number of nitrogens with zero attached hydrogens (tertiary/aromatic N) is 3. The van der Waals surface area contributed by atoms with Crippen LogP contribution in [0.4, 0.5) is 5.82 Å². The lowest BCUT2D eigenvalue weighted by atomic mass is 9.96. The van der Waals surface area contributed by atoms with Gasteiger partial charge in [0, 0.05) is 12.1 Å². The van der Waals surface area contributed by atoms with Gasteiger partial charge in [-0.1, -0.05) is 5.92 Å². The predicted octanol–water partition coefficient (Wildman–Crippen LogP) is -1.07. The van der Waals surface area contributed by atoms with Crippen molar-refractivity contribution in [1.82, 2.24) is 14.5 Å². The highest BCUT2D eigenvalue weighted by molar-refractivity contribution is 5.95. The van der Waals surface area contributed by atoms with Gasteiger partial charge in [0.05, 0.1) is 24.2 Å². The summed E-state index contributed by atoms with van der Waals surface area (Å²) < 4.78 is 11.8. The van der Waals surface area contributed by atoms with E-state index in [-0.39, 0.29) is 12.4 Å². The maximum atomic E-state index is 11.5. The number of fused-ring (bicyclic) bond motifs is 1. The third-order valence-electron chi connectivity index (χ3n) is 4.40. The molecule has 10 nitrogen and oxygen atoms in total. The number of ether oxygens (including phenoxy) is 2. The third kappa shape index (κ3) is 3.22. The van der Waals surface area contributed by atoms with Crippen molar-refractivity contribution in [3.63, 3.8) is 0 Å². The van der Waals surface area contributed by atoms with Crippen LogP contribution in [0.2, 0.25) is 0 Å². The third-order valence-corrected chi connectivity index (χ3v) is 4.40. The van der Waals surface area contributed by atoms with E-state index in [2.05, 4.69) is 21.8 Å². The Labute approximate surface area is 154 Å². The zero-order valence-electron chi connectivity index (χ0n) is 14.8. The van der Waals surface area contributed by atoms with Gasteiger partial charge in [-0.15, -0.1) is 0 Å². The van der Waals surface area contributed by atoms with E-state index in [9.17, 15) is 20.1 Å². The molecular formula is C17H20N4O6. The van der Waals surface area contributed by atoms with Gasteiger partial charge in [0.15, 0.2) is 6.23 Å². The molecule has 0 spiro atoms. The quantitative estimate of drug-likeness (QED) is 0.387. The molecule has 0 aromatic carbocycles. The molecule has 2 aromatic heterocycles. The minimum atomic E-state index is -1.72. The first-order chi connectivity index (χ1) is 12.8. The van der Waals surface area contributed by atoms with Crippen molar-refractivity contribution in [2.75, 3.05) is 18.9 Å². The number of aliphatic hydroxyl groups is 3. The Kier molecular flexibility index (Phi) is 5.03. The Morgan fingerprint density at radius 2 is 2.26 bits per heavy atom. The molecular weight excluding hydrogens is 356 g/mol. The van der Waals surface area contributed by atoms with Crippen LogP contribution in [0.25, 0.3) is 11.0 Å². The van der Waals surface area contributed by atoms with E-state index in [4.69, 9.17) is 15.2 Å². The van der Waals surface area contributed by atoms with Gasteiger partial charge in [0.2, 0.25) is 0 Å². The lowest BCUT2D eigenvalue weighted by molar-refractivity contribution is -0.136. The Balaban J connectivity index is 2.13. The summed E-state index contributed by atoms with van der Waals surface area (Å²) >= 11 is 0. The Morgan fingerprint density at radius 3 is 2.89 bits per heavy atom. The fourth-order valence-corrected chi connectivity index (χ4v) is 3.06. The molecule has 27 heavy (non-hydrogen) atoms. The summed E-state index contributed by atoms with van der Waals surface area (Å²) in [4.78, 5) is 19.6. The molecule has 1 saturated heterocycles. The van der Waals surface area contributed by atoms with Gasteiger partial charge in [-0.05, 0) is 13.8 Å². The average Bonchev–Trinajstić information content (AvgIpc) is 3.10. The first-order valence-electron chi connectivity index (χ1n) is 8.27. The zero-order valence-corrected chi connectivity index (χ0v) is 14.8. The second kappa shape index (κ2) is 7.13. The molecule has 5 N–H and O–H groups in total. The maximum absolute atomic E-state index is 11.5. The van der Waals surface area contributed by atoms with Crippen LogP contribution in [0.15, 0.2) is 12.5 Å². The molecule has 3 heterocycles. The van der Waals surface area contributed by atoms with Gasteiger partial charge >= 0.3 is 5.97 Å². The summed E-state index contributed by atoms with van der Waals surface area (Å²) in [5, 5.41) is 30.7. The van der Waals surface area contributed by atoms with Crippen molar-refractivity contribution in [3.05, 3.63) is 18.1 Å². The lowest BCUT2D eigenvalue weighted by Crippen LogP contribution is -2.44. The van der Waals surface area contributed by atoms with E-state index < -0.39 is 36.6 Å². The monoisotopic (exact) mass is 376 g/mol. The summed E-state index contributed by atoms with van der Waals surface area (Å²) in [6, 6.07) is 0. The molecule has 10 heteroatoms. The fraction of sp³-hybridized carbons (Fsp3) is 0.471. The Hall–Kier alpha value is -2.71. The number of rotatable bonds is 3. The number of carbonyl (C=O) groups excluding carboxylic acids is 1. The molecule has 1 fully saturated rings. The van der Waals surface area contributed by atoms with E-state index in [1.54, 1.807) is 6.92 Å². The molecule has 3 rings (SSSR count). The normalized spacial score (nSPS) is 27.4. The summed E-state index contributed by atoms with van der Waals surface area (Å²) in [6.45, 7) is 2.78. The van der Waals surface area contributed by atoms with Crippen LogP contribution in [0.5, 0.6) is 0 Å². The second-order valence-electron chi connectivity index (χ2n) is 6.26. The highest BCUT2D eigenvalue weighted by Crippen LogP contribution is 2.40. The number of nitrogens with two attached hydrogens (primary N) is 1. The molecule has 144 valence electrons. The van der Waals surface area contributed by atoms with E-state index in [0.717, 1.165) is 0 Å². The van der Waals surface area contributed by atoms with Gasteiger partial charge in [0.25, 0.3) is 0 Å². The summed E-state index contributed by atoms with van der Waals surface area (Å²) in [6.07, 6.45) is -0.637. The van der Waals surface area contributed by atoms with Crippen LogP contribution >= 0.6 is 0 Å². The molecule has 1 aliphatic heterocycles. The van der Waals surface area contributed by atoms with Crippen LogP contribution in [0, 0.1) is 11.8 Å². The number of esters is 1. The number of hydrogen-bond acceptors (Lipinski definition) is 9. The summed E-state index contributed by atoms with van der Waals surface area (Å²) in [5.74, 6) is 4.44. The smallest absolute Gasteiger partial charge is 0.384 e. The Bertz CT molecular complexity index is 929. The van der Waals surface area contributed by atoms with Crippen LogP contribution in [-0.2, 0) is 14.3 Å². The molecule has 2 aromatic rings. The minimum Gasteiger partial charge on any atom is -0.456 e. The Morgan fingerprint density at radius 1 is 1.52 bits per heavy atom. The van der Waals surface area contributed by atoms with Gasteiger partial charge < -0.3 is 35.1 Å². The average molecular weight is 376 g/mol. The first-order valence-corrected chi connectivity index (χ1v) is 8.27. The van der Waals surface area contributed by atoms with E-state index in [1.165, 1.54) is 24.0 Å². The number of nitrogen functional groups attached to an aromatic ring is 1. The highest BCUT2D eigenvalue weighted by Gasteiger charge is 2.53. The van der Waals surface area contributed by atoms with Gasteiger partial charge in [-0.2, -0.15) is 0 Å². The fourth-order valence-electron chi connectivity index (χ4n) is 3.06. The number of anilines is 1. The zero-order chi connectivity index (χ0) is 19.8. The van der Waals surface area contributed by atoms with Crippen molar-refractivity contribution in [1.29, 1.82) is 0 Å². The first kappa shape index (κ1) is 19.1. The van der Waals surface area contributed by atoms with Crippen molar-refractivity contribution in [2.24, 2.45) is 0 Å². The maximum Gasteiger partial charge on any atom is 0.384 e. The topological polar surface area (TPSA) is 153 Å². The molecule has 0 saturated carbocycles. The van der Waals surface area contributed by atoms with Crippen LogP contribution in [0.1, 0.15) is 25.6 Å². The van der Waals surface area contributed by atoms with Crippen molar-refractivity contribution in [3.8, 4) is 11.8 Å². The van der Waals surface area contributed by atoms with Crippen LogP contribution in [-0.4, -0.2) is 66.8 Å². The molecule has 4 atom stereocenters. The van der Waals surface area contributed by atoms with Crippen molar-refractivity contribution >= 4 is 22.8 Å². The molecule has 0 unspecified atom stereocenters. The molecule has 1 aliphatic rings.